The van der Waals surface area contributed by atoms with Crippen LogP contribution >= 0.6 is 0 Å². The zero-order valence-electron chi connectivity index (χ0n) is 12.8. The SMILES string of the molecule is CCCCCCCCOC(=O)C1(CC)CCNCC1. The maximum Gasteiger partial charge on any atom is 0.312 e. The van der Waals surface area contributed by atoms with Gasteiger partial charge >= 0.3 is 5.97 Å². The molecule has 0 aromatic carbocycles. The highest BCUT2D eigenvalue weighted by Gasteiger charge is 2.39. The predicted octanol–water partition coefficient (Wildman–Crippen LogP) is 3.67. The average molecular weight is 269 g/mol. The molecule has 0 radical (unpaired) electrons. The van der Waals surface area contributed by atoms with Gasteiger partial charge < -0.3 is 10.1 Å². The first-order valence-corrected chi connectivity index (χ1v) is 8.13. The summed E-state index contributed by atoms with van der Waals surface area (Å²) in [6.45, 7) is 6.84. The molecule has 1 rings (SSSR count). The molecule has 0 amide bonds. The molecule has 0 aliphatic carbocycles. The lowest BCUT2D eigenvalue weighted by Crippen LogP contribution is -2.42. The fraction of sp³-hybridized carbons (Fsp3) is 0.938. The van der Waals surface area contributed by atoms with E-state index in [4.69, 9.17) is 4.74 Å². The van der Waals surface area contributed by atoms with Gasteiger partial charge in [-0.05, 0) is 38.8 Å². The van der Waals surface area contributed by atoms with Crippen molar-refractivity contribution in [2.75, 3.05) is 19.7 Å². The molecular weight excluding hydrogens is 238 g/mol. The van der Waals surface area contributed by atoms with E-state index in [0.29, 0.717) is 6.61 Å². The molecule has 3 heteroatoms. The summed E-state index contributed by atoms with van der Waals surface area (Å²) in [4.78, 5) is 12.2. The van der Waals surface area contributed by atoms with Crippen molar-refractivity contribution in [1.29, 1.82) is 0 Å². The second-order valence-electron chi connectivity index (χ2n) is 5.79. The number of ether oxygens (including phenoxy) is 1. The second-order valence-corrected chi connectivity index (χ2v) is 5.79. The summed E-state index contributed by atoms with van der Waals surface area (Å²) in [5.41, 5.74) is -0.201. The van der Waals surface area contributed by atoms with Crippen LogP contribution in [0.1, 0.15) is 71.6 Å². The highest BCUT2D eigenvalue weighted by atomic mass is 16.5. The first-order chi connectivity index (χ1) is 9.25. The number of carbonyl (C=O) groups excluding carboxylic acids is 1. The maximum absolute atomic E-state index is 12.2. The van der Waals surface area contributed by atoms with E-state index in [1.807, 2.05) is 0 Å². The Morgan fingerprint density at radius 1 is 1.05 bits per heavy atom. The normalized spacial score (nSPS) is 18.2. The number of carbonyl (C=O) groups is 1. The Labute approximate surface area is 118 Å². The molecule has 19 heavy (non-hydrogen) atoms. The standard InChI is InChI=1S/C16H31NO2/c1-3-5-6-7-8-9-14-19-15(18)16(4-2)10-12-17-13-11-16/h17H,3-14H2,1-2H3. The molecule has 0 aromatic rings. The van der Waals surface area contributed by atoms with Crippen LogP contribution in [0.5, 0.6) is 0 Å². The fourth-order valence-electron chi connectivity index (χ4n) is 2.81. The number of nitrogens with one attached hydrogen (secondary N) is 1. The fourth-order valence-corrected chi connectivity index (χ4v) is 2.81. The van der Waals surface area contributed by atoms with Crippen molar-refractivity contribution in [2.45, 2.75) is 71.6 Å². The molecule has 1 heterocycles. The van der Waals surface area contributed by atoms with Crippen molar-refractivity contribution in [3.05, 3.63) is 0 Å². The van der Waals surface area contributed by atoms with Crippen molar-refractivity contribution in [3.8, 4) is 0 Å². The van der Waals surface area contributed by atoms with Gasteiger partial charge in [-0.3, -0.25) is 4.79 Å². The lowest BCUT2D eigenvalue weighted by molar-refractivity contribution is -0.158. The summed E-state index contributed by atoms with van der Waals surface area (Å²) in [5.74, 6) is 0.0464. The first-order valence-electron chi connectivity index (χ1n) is 8.13. The first kappa shape index (κ1) is 16.5. The molecule has 0 bridgehead atoms. The molecule has 3 nitrogen and oxygen atoms in total. The molecule has 112 valence electrons. The number of rotatable bonds is 9. The average Bonchev–Trinajstić information content (AvgIpc) is 2.46. The zero-order valence-corrected chi connectivity index (χ0v) is 12.8. The van der Waals surface area contributed by atoms with Crippen LogP contribution in [0.25, 0.3) is 0 Å². The summed E-state index contributed by atoms with van der Waals surface area (Å²) < 4.78 is 5.52. The molecule has 0 unspecified atom stereocenters. The monoisotopic (exact) mass is 269 g/mol. The van der Waals surface area contributed by atoms with Gasteiger partial charge in [0.15, 0.2) is 0 Å². The van der Waals surface area contributed by atoms with Gasteiger partial charge in [0.2, 0.25) is 0 Å². The topological polar surface area (TPSA) is 38.3 Å². The molecule has 0 spiro atoms. The summed E-state index contributed by atoms with van der Waals surface area (Å²) in [5, 5.41) is 3.32. The minimum atomic E-state index is -0.201. The third kappa shape index (κ3) is 5.52. The van der Waals surface area contributed by atoms with E-state index in [0.717, 1.165) is 38.8 Å². The van der Waals surface area contributed by atoms with E-state index in [-0.39, 0.29) is 11.4 Å². The summed E-state index contributed by atoms with van der Waals surface area (Å²) in [7, 11) is 0. The molecule has 1 saturated heterocycles. The van der Waals surface area contributed by atoms with Crippen molar-refractivity contribution in [2.24, 2.45) is 5.41 Å². The molecule has 1 aliphatic rings. The molecule has 1 N–H and O–H groups in total. The Morgan fingerprint density at radius 2 is 1.68 bits per heavy atom. The van der Waals surface area contributed by atoms with Crippen LogP contribution in [0.4, 0.5) is 0 Å². The van der Waals surface area contributed by atoms with E-state index < -0.39 is 0 Å². The van der Waals surface area contributed by atoms with Crippen LogP contribution in [0, 0.1) is 5.41 Å². The lowest BCUT2D eigenvalue weighted by Gasteiger charge is -2.34. The maximum atomic E-state index is 12.2. The van der Waals surface area contributed by atoms with Crippen LogP contribution in [-0.4, -0.2) is 25.7 Å². The van der Waals surface area contributed by atoms with Gasteiger partial charge in [-0.2, -0.15) is 0 Å². The second kappa shape index (κ2) is 9.35. The van der Waals surface area contributed by atoms with Crippen molar-refractivity contribution >= 4 is 5.97 Å². The Kier molecular flexibility index (Phi) is 8.11. The summed E-state index contributed by atoms with van der Waals surface area (Å²) >= 11 is 0. The lowest BCUT2D eigenvalue weighted by atomic mass is 9.77. The van der Waals surface area contributed by atoms with Gasteiger partial charge in [-0.15, -0.1) is 0 Å². The number of hydrogen-bond donors (Lipinski definition) is 1. The summed E-state index contributed by atoms with van der Waals surface area (Å²) in [6, 6.07) is 0. The van der Waals surface area contributed by atoms with Crippen LogP contribution in [0.15, 0.2) is 0 Å². The van der Waals surface area contributed by atoms with Crippen LogP contribution < -0.4 is 5.32 Å². The Morgan fingerprint density at radius 3 is 2.32 bits per heavy atom. The van der Waals surface area contributed by atoms with Gasteiger partial charge in [0.05, 0.1) is 12.0 Å². The Bertz CT molecular complexity index is 247. The Balaban J connectivity index is 2.15. The quantitative estimate of drug-likeness (QED) is 0.512. The van der Waals surface area contributed by atoms with E-state index >= 15 is 0 Å². The highest BCUT2D eigenvalue weighted by Crippen LogP contribution is 2.33. The predicted molar refractivity (Wildman–Crippen MR) is 79.2 cm³/mol. The smallest absolute Gasteiger partial charge is 0.312 e. The van der Waals surface area contributed by atoms with E-state index in [2.05, 4.69) is 19.2 Å². The number of piperidine rings is 1. The van der Waals surface area contributed by atoms with Gasteiger partial charge in [0.1, 0.15) is 0 Å². The number of unbranched alkanes of at least 4 members (excludes halogenated alkanes) is 5. The van der Waals surface area contributed by atoms with Crippen molar-refractivity contribution in [1.82, 2.24) is 5.32 Å². The minimum absolute atomic E-state index is 0.0464. The largest absolute Gasteiger partial charge is 0.465 e. The third-order valence-electron chi connectivity index (χ3n) is 4.40. The molecule has 1 fully saturated rings. The number of hydrogen-bond acceptors (Lipinski definition) is 3. The highest BCUT2D eigenvalue weighted by molar-refractivity contribution is 5.77. The number of esters is 1. The molecule has 0 saturated carbocycles. The zero-order chi connectivity index (χ0) is 14.0. The van der Waals surface area contributed by atoms with E-state index in [9.17, 15) is 4.79 Å². The van der Waals surface area contributed by atoms with Crippen LogP contribution in [-0.2, 0) is 9.53 Å². The third-order valence-corrected chi connectivity index (χ3v) is 4.40. The summed E-state index contributed by atoms with van der Waals surface area (Å²) in [6.07, 6.45) is 10.2. The van der Waals surface area contributed by atoms with Gasteiger partial charge in [-0.25, -0.2) is 0 Å². The van der Waals surface area contributed by atoms with E-state index in [1.54, 1.807) is 0 Å². The molecular formula is C16H31NO2. The molecule has 0 atom stereocenters. The Hall–Kier alpha value is -0.570. The van der Waals surface area contributed by atoms with Gasteiger partial charge in [0.25, 0.3) is 0 Å². The molecule has 0 aromatic heterocycles. The van der Waals surface area contributed by atoms with Gasteiger partial charge in [-0.1, -0.05) is 46.0 Å². The minimum Gasteiger partial charge on any atom is -0.465 e. The van der Waals surface area contributed by atoms with Crippen LogP contribution in [0.3, 0.4) is 0 Å². The van der Waals surface area contributed by atoms with E-state index in [1.165, 1.54) is 32.1 Å². The van der Waals surface area contributed by atoms with Crippen LogP contribution in [0.2, 0.25) is 0 Å². The van der Waals surface area contributed by atoms with Crippen molar-refractivity contribution < 1.29 is 9.53 Å². The van der Waals surface area contributed by atoms with Gasteiger partial charge in [0, 0.05) is 0 Å². The van der Waals surface area contributed by atoms with Crippen molar-refractivity contribution in [3.63, 3.8) is 0 Å². The molecule has 1 aliphatic heterocycles.